The lowest BCUT2D eigenvalue weighted by atomic mass is 9.95. The number of aromatic nitrogens is 3. The summed E-state index contributed by atoms with van der Waals surface area (Å²) in [7, 11) is 0. The van der Waals surface area contributed by atoms with Crippen LogP contribution in [0.3, 0.4) is 0 Å². The van der Waals surface area contributed by atoms with Crippen LogP contribution in [0, 0.1) is 11.7 Å². The number of nitrogens with zero attached hydrogens (tertiary/aromatic N) is 3. The van der Waals surface area contributed by atoms with Crippen LogP contribution in [0.4, 0.5) is 0 Å². The van der Waals surface area contributed by atoms with Gasteiger partial charge in [0.15, 0.2) is 29.0 Å². The molecule has 2 heterocycles. The molecule has 5 atom stereocenters. The predicted octanol–water partition coefficient (Wildman–Crippen LogP) is 3.32. The Kier molecular flexibility index (Phi) is 12.2. The Balaban J connectivity index is 2.10. The second-order valence-electron chi connectivity index (χ2n) is 10.3. The van der Waals surface area contributed by atoms with Gasteiger partial charge in [0.1, 0.15) is 31.1 Å². The van der Waals surface area contributed by atoms with Crippen LogP contribution < -0.4 is 10.1 Å². The Morgan fingerprint density at radius 3 is 2.21 bits per heavy atom. The first-order valence-electron chi connectivity index (χ1n) is 14.2. The van der Waals surface area contributed by atoms with Crippen molar-refractivity contribution in [3.63, 3.8) is 0 Å². The zero-order valence-corrected chi connectivity index (χ0v) is 26.2. The van der Waals surface area contributed by atoms with Gasteiger partial charge < -0.3 is 33.6 Å². The molecule has 0 spiro atoms. The predicted molar refractivity (Wildman–Crippen MR) is 155 cm³/mol. The molecular formula is C29H40N4O9S. The van der Waals surface area contributed by atoms with Gasteiger partial charge in [0, 0.05) is 34.2 Å². The molecule has 0 bridgehead atoms. The van der Waals surface area contributed by atoms with Crippen LogP contribution in [0.25, 0.3) is 0 Å². The van der Waals surface area contributed by atoms with Gasteiger partial charge in [0.25, 0.3) is 0 Å². The zero-order valence-electron chi connectivity index (χ0n) is 25.4. The standard InChI is InChI=1S/C29H40N4O9S/c1-7-8-9-14-32-24(16-39-22-12-10-17(2)11-13-22)31-33(29(32)43)28-25(30-18(3)34)27(41-21(6)37)26(40-20(5)36)23(42-28)15-38-19(4)35/h10-13,23,25-28H,7-9,14-16H2,1-6H3,(H,30,34)/t23-,25-,26-,27-,28-/m1/s1. The molecule has 0 aliphatic carbocycles. The highest BCUT2D eigenvalue weighted by atomic mass is 32.1. The highest BCUT2D eigenvalue weighted by Gasteiger charge is 2.52. The molecule has 3 rings (SSSR count). The Labute approximate surface area is 255 Å². The van der Waals surface area contributed by atoms with Crippen molar-refractivity contribution in [2.75, 3.05) is 6.61 Å². The smallest absolute Gasteiger partial charge is 0.303 e. The maximum atomic E-state index is 12.4. The SMILES string of the molecule is CCCCCn1c(COc2ccc(C)cc2)nn([C@@H]2O[C@H](COC(C)=O)[C@@H](OC(C)=O)[C@H](OC(C)=O)[C@H]2NC(C)=O)c1=S. The molecule has 1 N–H and O–H groups in total. The van der Waals surface area contributed by atoms with Gasteiger partial charge in [-0.2, -0.15) is 5.10 Å². The van der Waals surface area contributed by atoms with E-state index in [0.717, 1.165) is 24.8 Å². The number of carbonyl (C=O) groups is 4. The normalized spacial score (nSPS) is 21.5. The molecule has 14 heteroatoms. The first kappa shape index (κ1) is 33.7. The fourth-order valence-corrected chi connectivity index (χ4v) is 5.11. The van der Waals surface area contributed by atoms with Gasteiger partial charge in [-0.05, 0) is 37.7 Å². The van der Waals surface area contributed by atoms with E-state index in [0.29, 0.717) is 18.1 Å². The van der Waals surface area contributed by atoms with Gasteiger partial charge in [-0.3, -0.25) is 19.2 Å². The molecule has 1 saturated heterocycles. The van der Waals surface area contributed by atoms with E-state index in [1.165, 1.54) is 32.4 Å². The highest BCUT2D eigenvalue weighted by Crippen LogP contribution is 2.33. The van der Waals surface area contributed by atoms with E-state index in [9.17, 15) is 19.2 Å². The van der Waals surface area contributed by atoms with Crippen LogP contribution in [-0.4, -0.2) is 69.1 Å². The average molecular weight is 621 g/mol. The topological polar surface area (TPSA) is 149 Å². The van der Waals surface area contributed by atoms with E-state index >= 15 is 0 Å². The molecule has 0 saturated carbocycles. The molecule has 1 aliphatic rings. The number of benzene rings is 1. The van der Waals surface area contributed by atoms with Crippen molar-refractivity contribution in [3.05, 3.63) is 40.4 Å². The molecule has 1 aliphatic heterocycles. The third-order valence-corrected chi connectivity index (χ3v) is 7.07. The summed E-state index contributed by atoms with van der Waals surface area (Å²) >= 11 is 5.87. The van der Waals surface area contributed by atoms with E-state index in [1.807, 2.05) is 35.8 Å². The molecule has 0 radical (unpaired) electrons. The molecular weight excluding hydrogens is 580 g/mol. The van der Waals surface area contributed by atoms with E-state index < -0.39 is 54.4 Å². The van der Waals surface area contributed by atoms with Crippen LogP contribution in [0.5, 0.6) is 5.75 Å². The van der Waals surface area contributed by atoms with Gasteiger partial charge in [-0.15, -0.1) is 0 Å². The van der Waals surface area contributed by atoms with Gasteiger partial charge in [0.05, 0.1) is 0 Å². The van der Waals surface area contributed by atoms with E-state index in [2.05, 4.69) is 12.2 Å². The summed E-state index contributed by atoms with van der Waals surface area (Å²) in [6.07, 6.45) is -1.91. The van der Waals surface area contributed by atoms with Gasteiger partial charge in [0.2, 0.25) is 5.91 Å². The van der Waals surface area contributed by atoms with Crippen LogP contribution in [-0.2, 0) is 51.3 Å². The lowest BCUT2D eigenvalue weighted by Gasteiger charge is -2.45. The lowest BCUT2D eigenvalue weighted by molar-refractivity contribution is -0.239. The second kappa shape index (κ2) is 15.6. The van der Waals surface area contributed by atoms with Crippen LogP contribution >= 0.6 is 12.2 Å². The zero-order chi connectivity index (χ0) is 31.7. The maximum absolute atomic E-state index is 12.4. The van der Waals surface area contributed by atoms with Crippen molar-refractivity contribution in [1.82, 2.24) is 19.7 Å². The molecule has 1 fully saturated rings. The number of hydrogen-bond donors (Lipinski definition) is 1. The summed E-state index contributed by atoms with van der Waals surface area (Å²) < 4.78 is 32.2. The maximum Gasteiger partial charge on any atom is 0.303 e. The number of carbonyl (C=O) groups excluding carboxylic acids is 4. The van der Waals surface area contributed by atoms with Crippen molar-refractivity contribution in [2.45, 2.75) is 105 Å². The molecule has 236 valence electrons. The summed E-state index contributed by atoms with van der Waals surface area (Å²) in [5.41, 5.74) is 1.09. The van der Waals surface area contributed by atoms with Crippen molar-refractivity contribution >= 4 is 36.0 Å². The van der Waals surface area contributed by atoms with Crippen molar-refractivity contribution in [3.8, 4) is 5.75 Å². The number of amides is 1. The second-order valence-corrected chi connectivity index (χ2v) is 10.7. The Morgan fingerprint density at radius 1 is 0.977 bits per heavy atom. The van der Waals surface area contributed by atoms with Crippen molar-refractivity contribution in [1.29, 1.82) is 0 Å². The monoisotopic (exact) mass is 620 g/mol. The third kappa shape index (κ3) is 9.35. The van der Waals surface area contributed by atoms with Crippen LogP contribution in [0.1, 0.15) is 71.5 Å². The molecule has 43 heavy (non-hydrogen) atoms. The van der Waals surface area contributed by atoms with Crippen molar-refractivity contribution in [2.24, 2.45) is 0 Å². The number of unbranched alkanes of at least 4 members (excludes halogenated alkanes) is 2. The van der Waals surface area contributed by atoms with Gasteiger partial charge >= 0.3 is 17.9 Å². The number of aryl methyl sites for hydroxylation is 1. The summed E-state index contributed by atoms with van der Waals surface area (Å²) in [5.74, 6) is -1.28. The molecule has 1 aromatic carbocycles. The quantitative estimate of drug-likeness (QED) is 0.152. The lowest BCUT2D eigenvalue weighted by Crippen LogP contribution is -2.64. The fourth-order valence-electron chi connectivity index (χ4n) is 4.77. The first-order valence-corrected chi connectivity index (χ1v) is 14.6. The molecule has 2 aromatic rings. The molecule has 1 amide bonds. The number of esters is 3. The number of nitrogens with one attached hydrogen (secondary N) is 1. The molecule has 0 unspecified atom stereocenters. The fraction of sp³-hybridized carbons (Fsp3) is 0.586. The number of rotatable bonds is 13. The van der Waals surface area contributed by atoms with Crippen LogP contribution in [0.15, 0.2) is 24.3 Å². The average Bonchev–Trinajstić information content (AvgIpc) is 3.23. The van der Waals surface area contributed by atoms with Gasteiger partial charge in [-0.25, -0.2) is 4.68 Å². The van der Waals surface area contributed by atoms with Crippen LogP contribution in [0.2, 0.25) is 0 Å². The summed E-state index contributed by atoms with van der Waals surface area (Å²) in [6, 6.07) is 6.51. The Bertz CT molecular complexity index is 1340. The van der Waals surface area contributed by atoms with E-state index in [4.69, 9.17) is 41.0 Å². The van der Waals surface area contributed by atoms with Gasteiger partial charge in [-0.1, -0.05) is 37.5 Å². The minimum Gasteiger partial charge on any atom is -0.486 e. The number of ether oxygens (including phenoxy) is 5. The third-order valence-electron chi connectivity index (χ3n) is 6.67. The summed E-state index contributed by atoms with van der Waals surface area (Å²) in [4.78, 5) is 48.4. The first-order chi connectivity index (χ1) is 20.4. The Hall–Kier alpha value is -3.78. The van der Waals surface area contributed by atoms with Crippen molar-refractivity contribution < 1.29 is 42.9 Å². The summed E-state index contributed by atoms with van der Waals surface area (Å²) in [5, 5.41) is 7.51. The van der Waals surface area contributed by atoms with E-state index in [-0.39, 0.29) is 18.0 Å². The minimum absolute atomic E-state index is 0.0870. The molecule has 1 aromatic heterocycles. The van der Waals surface area contributed by atoms with E-state index in [1.54, 1.807) is 0 Å². The largest absolute Gasteiger partial charge is 0.486 e. The Morgan fingerprint density at radius 2 is 1.63 bits per heavy atom. The molecule has 13 nitrogen and oxygen atoms in total. The number of hydrogen-bond acceptors (Lipinski definition) is 11. The summed E-state index contributed by atoms with van der Waals surface area (Å²) in [6.45, 7) is 9.27. The minimum atomic E-state index is -1.23. The highest BCUT2D eigenvalue weighted by molar-refractivity contribution is 7.71.